The molecule has 0 amide bonds. The molecule has 2 nitrogen and oxygen atoms in total. The highest BCUT2D eigenvalue weighted by atomic mass is 127. The van der Waals surface area contributed by atoms with Crippen LogP contribution in [0.2, 0.25) is 0 Å². The van der Waals surface area contributed by atoms with Crippen molar-refractivity contribution < 1.29 is 24.0 Å². The predicted molar refractivity (Wildman–Crippen MR) is 170 cm³/mol. The van der Waals surface area contributed by atoms with Crippen molar-refractivity contribution in [1.82, 2.24) is 0 Å². The quantitative estimate of drug-likeness (QED) is 0.299. The fourth-order valence-corrected chi connectivity index (χ4v) is 7.33. The molecule has 2 aromatic rings. The first kappa shape index (κ1) is 31.0. The number of hydrogen-bond donors (Lipinski definition) is 0. The zero-order chi connectivity index (χ0) is 27.8. The molecule has 40 heavy (non-hydrogen) atoms. The third kappa shape index (κ3) is 5.45. The minimum Gasteiger partial charge on any atom is -1.00 e. The van der Waals surface area contributed by atoms with E-state index in [-0.39, 0.29) is 34.8 Å². The summed E-state index contributed by atoms with van der Waals surface area (Å²) in [5.74, 6) is 0. The fourth-order valence-electron chi connectivity index (χ4n) is 7.01. The maximum atomic E-state index is 7.14. The van der Waals surface area contributed by atoms with Gasteiger partial charge in [-0.1, -0.05) is 108 Å². The van der Waals surface area contributed by atoms with Gasteiger partial charge >= 0.3 is 0 Å². The number of fused-ring (bicyclic) bond motifs is 2. The van der Waals surface area contributed by atoms with Gasteiger partial charge in [0, 0.05) is 46.0 Å². The summed E-state index contributed by atoms with van der Waals surface area (Å²) >= 11 is 7.14. The molecular weight excluding hydrogens is 623 g/mol. The smallest absolute Gasteiger partial charge is 0.0568 e. The summed E-state index contributed by atoms with van der Waals surface area (Å²) in [6, 6.07) is 18.1. The summed E-state index contributed by atoms with van der Waals surface area (Å²) in [5.41, 5.74) is 9.51. The van der Waals surface area contributed by atoms with E-state index in [1.165, 1.54) is 39.3 Å². The molecule has 2 aliphatic heterocycles. The Morgan fingerprint density at radius 2 is 1.50 bits per heavy atom. The van der Waals surface area contributed by atoms with E-state index in [0.29, 0.717) is 6.04 Å². The van der Waals surface area contributed by atoms with Crippen molar-refractivity contribution in [2.75, 3.05) is 22.9 Å². The van der Waals surface area contributed by atoms with Gasteiger partial charge in [0.15, 0.2) is 0 Å². The topological polar surface area (TPSA) is 6.48 Å². The maximum absolute atomic E-state index is 7.14. The Morgan fingerprint density at radius 3 is 2.20 bits per heavy atom. The number of hydrogen-bond acceptors (Lipinski definition) is 2. The summed E-state index contributed by atoms with van der Waals surface area (Å²) in [4.78, 5) is 5.10. The van der Waals surface area contributed by atoms with E-state index in [1.54, 1.807) is 0 Å². The molecule has 0 bridgehead atoms. The average Bonchev–Trinajstić information content (AvgIpc) is 3.27. The standard InChI is InChI=1S/C36H45ClN2.HI/c1-7-24-38-30-18-11-9-16-28(30)35(3,4)32(38)22-20-26-14-13-15-27(34(26)37)21-23-33-36(5,6)29-17-10-12-19-31(29)39(33)25-8-2;/h9-12,16-23,32H,7-8,13-15,24-25H2,1-6H3;1H/p-1/b22-20+,27-21+,33-23+;. The highest BCUT2D eigenvalue weighted by Crippen LogP contribution is 2.48. The second kappa shape index (κ2) is 12.5. The number of nitrogens with zero attached hydrogens (tertiary/aromatic N) is 2. The molecule has 0 fully saturated rings. The van der Waals surface area contributed by atoms with E-state index < -0.39 is 0 Å². The van der Waals surface area contributed by atoms with Crippen LogP contribution in [0.5, 0.6) is 0 Å². The largest absolute Gasteiger partial charge is 1.00 e. The highest BCUT2D eigenvalue weighted by Gasteiger charge is 2.42. The fraction of sp³-hybridized carbons (Fsp3) is 0.444. The van der Waals surface area contributed by atoms with E-state index in [1.807, 2.05) is 0 Å². The first-order valence-electron chi connectivity index (χ1n) is 14.9. The molecule has 0 N–H and O–H groups in total. The van der Waals surface area contributed by atoms with Crippen LogP contribution in [0.3, 0.4) is 0 Å². The van der Waals surface area contributed by atoms with Crippen LogP contribution >= 0.6 is 11.6 Å². The normalized spacial score (nSPS) is 23.2. The number of allylic oxidation sites excluding steroid dienone is 7. The Labute approximate surface area is 264 Å². The summed E-state index contributed by atoms with van der Waals surface area (Å²) in [6.07, 6.45) is 14.9. The molecule has 4 heteroatoms. The first-order chi connectivity index (χ1) is 18.7. The number of para-hydroxylation sites is 2. The van der Waals surface area contributed by atoms with Gasteiger partial charge in [-0.3, -0.25) is 0 Å². The molecule has 1 atom stereocenters. The van der Waals surface area contributed by atoms with Crippen LogP contribution in [0.1, 0.15) is 84.8 Å². The van der Waals surface area contributed by atoms with Crippen LogP contribution in [0.25, 0.3) is 0 Å². The summed E-state index contributed by atoms with van der Waals surface area (Å²) in [6.45, 7) is 16.1. The van der Waals surface area contributed by atoms with Crippen molar-refractivity contribution in [2.24, 2.45) is 0 Å². The van der Waals surface area contributed by atoms with Gasteiger partial charge in [0.05, 0.1) is 6.04 Å². The van der Waals surface area contributed by atoms with E-state index in [2.05, 4.69) is 124 Å². The molecule has 5 rings (SSSR count). The summed E-state index contributed by atoms with van der Waals surface area (Å²) in [5, 5.41) is 0.945. The van der Waals surface area contributed by atoms with E-state index >= 15 is 0 Å². The zero-order valence-corrected chi connectivity index (χ0v) is 28.0. The lowest BCUT2D eigenvalue weighted by atomic mass is 9.80. The van der Waals surface area contributed by atoms with Gasteiger partial charge in [0.25, 0.3) is 0 Å². The van der Waals surface area contributed by atoms with Crippen LogP contribution < -0.4 is 33.8 Å². The van der Waals surface area contributed by atoms with Crippen molar-refractivity contribution in [2.45, 2.75) is 90.5 Å². The lowest BCUT2D eigenvalue weighted by molar-refractivity contribution is -0.00000826. The monoisotopic (exact) mass is 667 g/mol. The Hall–Kier alpha value is -1.98. The molecule has 1 unspecified atom stereocenters. The second-order valence-corrected chi connectivity index (χ2v) is 12.8. The Kier molecular flexibility index (Phi) is 9.67. The number of halogens is 2. The van der Waals surface area contributed by atoms with Gasteiger partial charge < -0.3 is 33.8 Å². The predicted octanol–water partition coefficient (Wildman–Crippen LogP) is 6.82. The maximum Gasteiger partial charge on any atom is 0.0568 e. The highest BCUT2D eigenvalue weighted by molar-refractivity contribution is 6.32. The molecule has 0 aromatic heterocycles. The Balaban J connectivity index is 0.00000370. The number of rotatable bonds is 7. The van der Waals surface area contributed by atoms with Crippen molar-refractivity contribution in [3.05, 3.63) is 106 Å². The van der Waals surface area contributed by atoms with Gasteiger partial charge in [-0.25, -0.2) is 0 Å². The van der Waals surface area contributed by atoms with Crippen LogP contribution in [0.15, 0.2) is 94.7 Å². The van der Waals surface area contributed by atoms with Crippen LogP contribution in [-0.2, 0) is 10.8 Å². The molecule has 214 valence electrons. The van der Waals surface area contributed by atoms with Crippen LogP contribution in [-0.4, -0.2) is 19.1 Å². The molecule has 1 aliphatic carbocycles. The third-order valence-electron chi connectivity index (χ3n) is 9.07. The molecule has 3 aliphatic rings. The zero-order valence-electron chi connectivity index (χ0n) is 25.1. The minimum absolute atomic E-state index is 0. The van der Waals surface area contributed by atoms with E-state index in [0.717, 1.165) is 50.2 Å². The van der Waals surface area contributed by atoms with Crippen LogP contribution in [0.4, 0.5) is 11.4 Å². The molecule has 0 saturated heterocycles. The van der Waals surface area contributed by atoms with Gasteiger partial charge in [0.2, 0.25) is 0 Å². The van der Waals surface area contributed by atoms with Crippen molar-refractivity contribution >= 4 is 23.0 Å². The molecular formula is C36H45ClIN2-. The number of benzene rings is 2. The van der Waals surface area contributed by atoms with Crippen molar-refractivity contribution in [1.29, 1.82) is 0 Å². The Bertz CT molecular complexity index is 1350. The Morgan fingerprint density at radius 1 is 0.850 bits per heavy atom. The molecule has 2 aromatic carbocycles. The van der Waals surface area contributed by atoms with Gasteiger partial charge in [-0.15, -0.1) is 0 Å². The molecule has 0 spiro atoms. The molecule has 0 saturated carbocycles. The molecule has 0 radical (unpaired) electrons. The lowest BCUT2D eigenvalue weighted by Crippen LogP contribution is -3.00. The van der Waals surface area contributed by atoms with Crippen molar-refractivity contribution in [3.8, 4) is 0 Å². The van der Waals surface area contributed by atoms with Gasteiger partial charge in [-0.05, 0) is 72.6 Å². The minimum atomic E-state index is -0.0256. The summed E-state index contributed by atoms with van der Waals surface area (Å²) < 4.78 is 0. The van der Waals surface area contributed by atoms with Gasteiger partial charge in [0.1, 0.15) is 0 Å². The van der Waals surface area contributed by atoms with E-state index in [4.69, 9.17) is 11.6 Å². The van der Waals surface area contributed by atoms with E-state index in [9.17, 15) is 0 Å². The summed E-state index contributed by atoms with van der Waals surface area (Å²) in [7, 11) is 0. The third-order valence-corrected chi connectivity index (χ3v) is 9.56. The lowest BCUT2D eigenvalue weighted by Gasteiger charge is -2.32. The van der Waals surface area contributed by atoms with Crippen molar-refractivity contribution in [3.63, 3.8) is 0 Å². The van der Waals surface area contributed by atoms with Crippen LogP contribution in [0, 0.1) is 0 Å². The average molecular weight is 668 g/mol. The van der Waals surface area contributed by atoms with Gasteiger partial charge in [-0.2, -0.15) is 0 Å². The SMILES string of the molecule is CCCN1/C(=C/C=C2\CCCC(/C=C/C3N(CCC)c4ccccc4C3(C)C)=C2Cl)C(C)(C)c2ccccc21.[I-]. The number of anilines is 2. The first-order valence-corrected chi connectivity index (χ1v) is 15.3. The molecule has 2 heterocycles. The second-order valence-electron chi connectivity index (χ2n) is 12.5.